The monoisotopic (exact) mass is 250 g/mol. The number of nitrogens with one attached hydrogen (secondary N) is 1. The maximum absolute atomic E-state index is 5.74. The van der Waals surface area contributed by atoms with Crippen molar-refractivity contribution < 1.29 is 9.47 Å². The molecule has 2 rings (SSSR count). The lowest BCUT2D eigenvalue weighted by Gasteiger charge is -2.27. The molecular weight excluding hydrogens is 228 g/mol. The minimum absolute atomic E-state index is 0.142. The lowest BCUT2D eigenvalue weighted by molar-refractivity contribution is 0.0774. The van der Waals surface area contributed by atoms with Crippen molar-refractivity contribution in [2.75, 3.05) is 13.7 Å². The first-order valence-corrected chi connectivity index (χ1v) is 6.51. The molecule has 3 N–H and O–H groups in total. The third kappa shape index (κ3) is 2.66. The number of hydrogen-bond acceptors (Lipinski definition) is 4. The second kappa shape index (κ2) is 6.18. The molecule has 1 aromatic rings. The molecule has 18 heavy (non-hydrogen) atoms. The van der Waals surface area contributed by atoms with Crippen molar-refractivity contribution in [2.24, 2.45) is 11.8 Å². The van der Waals surface area contributed by atoms with Gasteiger partial charge in [0, 0.05) is 12.5 Å². The zero-order valence-electron chi connectivity index (χ0n) is 11.1. The summed E-state index contributed by atoms with van der Waals surface area (Å²) in [6.07, 6.45) is 2.38. The van der Waals surface area contributed by atoms with Gasteiger partial charge in [-0.1, -0.05) is 19.1 Å². The van der Waals surface area contributed by atoms with Crippen molar-refractivity contribution in [2.45, 2.75) is 31.9 Å². The van der Waals surface area contributed by atoms with E-state index in [1.807, 2.05) is 12.1 Å². The first-order valence-electron chi connectivity index (χ1n) is 6.51. The van der Waals surface area contributed by atoms with Crippen molar-refractivity contribution in [3.05, 3.63) is 29.8 Å². The Morgan fingerprint density at radius 2 is 2.17 bits per heavy atom. The van der Waals surface area contributed by atoms with Crippen molar-refractivity contribution in [3.8, 4) is 5.75 Å². The molecule has 1 heterocycles. The van der Waals surface area contributed by atoms with E-state index >= 15 is 0 Å². The molecular formula is C14H22N2O2. The maximum atomic E-state index is 5.74. The van der Waals surface area contributed by atoms with Gasteiger partial charge in [0.15, 0.2) is 0 Å². The predicted octanol–water partition coefficient (Wildman–Crippen LogP) is 2.01. The molecule has 0 aliphatic carbocycles. The van der Waals surface area contributed by atoms with Crippen LogP contribution >= 0.6 is 0 Å². The first-order chi connectivity index (χ1) is 8.80. The fourth-order valence-electron chi connectivity index (χ4n) is 2.75. The molecule has 0 radical (unpaired) electrons. The number of methoxy groups -OCH3 is 1. The lowest BCUT2D eigenvalue weighted by Crippen LogP contribution is -2.36. The zero-order valence-corrected chi connectivity index (χ0v) is 11.1. The topological polar surface area (TPSA) is 56.5 Å². The summed E-state index contributed by atoms with van der Waals surface area (Å²) in [7, 11) is 1.67. The van der Waals surface area contributed by atoms with Crippen LogP contribution in [0.25, 0.3) is 0 Å². The van der Waals surface area contributed by atoms with Gasteiger partial charge in [-0.15, -0.1) is 0 Å². The van der Waals surface area contributed by atoms with Crippen LogP contribution < -0.4 is 16.0 Å². The Labute approximate surface area is 108 Å². The normalized spacial score (nSPS) is 25.1. The highest BCUT2D eigenvalue weighted by molar-refractivity contribution is 5.29. The van der Waals surface area contributed by atoms with E-state index in [9.17, 15) is 0 Å². The number of nitrogens with two attached hydrogens (primary N) is 1. The standard InChI is InChI=1S/C14H22N2O2/c1-3-13-12(8-9-18-13)14(16-15)10-4-6-11(17-2)7-5-10/h4-7,12-14,16H,3,8-9,15H2,1-2H3. The number of hydrogen-bond donors (Lipinski definition) is 2. The molecule has 1 aromatic carbocycles. The van der Waals surface area contributed by atoms with Gasteiger partial charge < -0.3 is 9.47 Å². The van der Waals surface area contributed by atoms with Gasteiger partial charge >= 0.3 is 0 Å². The lowest BCUT2D eigenvalue weighted by atomic mass is 9.87. The molecule has 4 nitrogen and oxygen atoms in total. The molecule has 0 aromatic heterocycles. The smallest absolute Gasteiger partial charge is 0.118 e. The van der Waals surface area contributed by atoms with Crippen molar-refractivity contribution in [3.63, 3.8) is 0 Å². The highest BCUT2D eigenvalue weighted by atomic mass is 16.5. The highest BCUT2D eigenvalue weighted by Crippen LogP contribution is 2.34. The molecule has 0 amide bonds. The number of benzene rings is 1. The summed E-state index contributed by atoms with van der Waals surface area (Å²) in [5.41, 5.74) is 4.13. The van der Waals surface area contributed by atoms with E-state index < -0.39 is 0 Å². The SMILES string of the molecule is CCC1OCCC1C(NN)c1ccc(OC)cc1. The van der Waals surface area contributed by atoms with Gasteiger partial charge in [-0.05, 0) is 30.5 Å². The van der Waals surface area contributed by atoms with Crippen LogP contribution in [0.15, 0.2) is 24.3 Å². The Morgan fingerprint density at radius 3 is 2.72 bits per heavy atom. The van der Waals surface area contributed by atoms with Gasteiger partial charge in [0.1, 0.15) is 5.75 Å². The second-order valence-electron chi connectivity index (χ2n) is 4.69. The molecule has 1 fully saturated rings. The predicted molar refractivity (Wildman–Crippen MR) is 71.2 cm³/mol. The van der Waals surface area contributed by atoms with Crippen molar-refractivity contribution in [1.29, 1.82) is 0 Å². The van der Waals surface area contributed by atoms with Crippen LogP contribution in [0.1, 0.15) is 31.4 Å². The second-order valence-corrected chi connectivity index (χ2v) is 4.69. The van der Waals surface area contributed by atoms with Crippen molar-refractivity contribution in [1.82, 2.24) is 5.43 Å². The molecule has 1 saturated heterocycles. The Kier molecular flexibility index (Phi) is 4.58. The van der Waals surface area contributed by atoms with E-state index in [0.29, 0.717) is 12.0 Å². The van der Waals surface area contributed by atoms with Gasteiger partial charge in [0.05, 0.1) is 19.3 Å². The van der Waals surface area contributed by atoms with E-state index in [2.05, 4.69) is 24.5 Å². The first kappa shape index (κ1) is 13.3. The maximum Gasteiger partial charge on any atom is 0.118 e. The highest BCUT2D eigenvalue weighted by Gasteiger charge is 2.33. The Hall–Kier alpha value is -1.10. The summed E-state index contributed by atoms with van der Waals surface area (Å²) in [5, 5.41) is 0. The summed E-state index contributed by atoms with van der Waals surface area (Å²) < 4.78 is 10.9. The molecule has 4 heteroatoms. The molecule has 3 atom stereocenters. The molecule has 0 bridgehead atoms. The third-order valence-electron chi connectivity index (χ3n) is 3.75. The molecule has 100 valence electrons. The van der Waals surface area contributed by atoms with Gasteiger partial charge in [-0.3, -0.25) is 11.3 Å². The van der Waals surface area contributed by atoms with Crippen LogP contribution in [0, 0.1) is 5.92 Å². The average molecular weight is 250 g/mol. The fourth-order valence-corrected chi connectivity index (χ4v) is 2.75. The third-order valence-corrected chi connectivity index (χ3v) is 3.75. The van der Waals surface area contributed by atoms with Crippen LogP contribution in [-0.4, -0.2) is 19.8 Å². The number of rotatable bonds is 5. The van der Waals surface area contributed by atoms with Gasteiger partial charge in [0.2, 0.25) is 0 Å². The molecule has 3 unspecified atom stereocenters. The Bertz CT molecular complexity index is 367. The minimum Gasteiger partial charge on any atom is -0.497 e. The van der Waals surface area contributed by atoms with Crippen LogP contribution in [0.3, 0.4) is 0 Å². The number of ether oxygens (including phenoxy) is 2. The average Bonchev–Trinajstić information content (AvgIpc) is 2.89. The van der Waals surface area contributed by atoms with Gasteiger partial charge in [-0.25, -0.2) is 0 Å². The van der Waals surface area contributed by atoms with Crippen LogP contribution in [-0.2, 0) is 4.74 Å². The molecule has 1 aliphatic heterocycles. The van der Waals surface area contributed by atoms with E-state index in [1.54, 1.807) is 7.11 Å². The summed E-state index contributed by atoms with van der Waals surface area (Å²) in [5.74, 6) is 7.04. The minimum atomic E-state index is 0.142. The molecule has 0 spiro atoms. The van der Waals surface area contributed by atoms with Crippen molar-refractivity contribution >= 4 is 0 Å². The van der Waals surface area contributed by atoms with E-state index in [-0.39, 0.29) is 6.04 Å². The summed E-state index contributed by atoms with van der Waals surface area (Å²) in [4.78, 5) is 0. The Morgan fingerprint density at radius 1 is 1.44 bits per heavy atom. The fraction of sp³-hybridized carbons (Fsp3) is 0.571. The zero-order chi connectivity index (χ0) is 13.0. The Balaban J connectivity index is 2.16. The van der Waals surface area contributed by atoms with Crippen LogP contribution in [0.4, 0.5) is 0 Å². The van der Waals surface area contributed by atoms with E-state index in [0.717, 1.165) is 25.2 Å². The van der Waals surface area contributed by atoms with E-state index in [1.165, 1.54) is 5.56 Å². The largest absolute Gasteiger partial charge is 0.497 e. The molecule has 1 aliphatic rings. The van der Waals surface area contributed by atoms with Gasteiger partial charge in [0.25, 0.3) is 0 Å². The molecule has 0 saturated carbocycles. The summed E-state index contributed by atoms with van der Waals surface area (Å²) >= 11 is 0. The van der Waals surface area contributed by atoms with Gasteiger partial charge in [-0.2, -0.15) is 0 Å². The van der Waals surface area contributed by atoms with Crippen LogP contribution in [0.2, 0.25) is 0 Å². The number of hydrazine groups is 1. The summed E-state index contributed by atoms with van der Waals surface area (Å²) in [6.45, 7) is 2.99. The summed E-state index contributed by atoms with van der Waals surface area (Å²) in [6, 6.07) is 8.21. The van der Waals surface area contributed by atoms with E-state index in [4.69, 9.17) is 15.3 Å². The quantitative estimate of drug-likeness (QED) is 0.620. The van der Waals surface area contributed by atoms with Crippen LogP contribution in [0.5, 0.6) is 5.75 Å².